The van der Waals surface area contributed by atoms with Crippen molar-refractivity contribution in [2.75, 3.05) is 14.2 Å². The summed E-state index contributed by atoms with van der Waals surface area (Å²) in [6.07, 6.45) is 0. The van der Waals surface area contributed by atoms with Crippen LogP contribution in [-0.4, -0.2) is 20.0 Å². The molecule has 0 radical (unpaired) electrons. The van der Waals surface area contributed by atoms with Gasteiger partial charge in [-0.1, -0.05) is 6.07 Å². The third-order valence-electron chi connectivity index (χ3n) is 2.91. The van der Waals surface area contributed by atoms with Crippen molar-refractivity contribution in [1.29, 1.82) is 0 Å². The van der Waals surface area contributed by atoms with Crippen molar-refractivity contribution < 1.29 is 23.0 Å². The molecule has 0 aliphatic carbocycles. The molecule has 0 aromatic heterocycles. The molecule has 0 saturated heterocycles. The lowest BCUT2D eigenvalue weighted by molar-refractivity contribution is 0.103. The molecule has 0 unspecified atom stereocenters. The average molecular weight is 357 g/mol. The van der Waals surface area contributed by atoms with Crippen LogP contribution in [0.4, 0.5) is 8.78 Å². The average Bonchev–Trinajstić information content (AvgIpc) is 2.46. The van der Waals surface area contributed by atoms with Crippen LogP contribution in [-0.2, 0) is 0 Å². The van der Waals surface area contributed by atoms with Crippen molar-refractivity contribution in [1.82, 2.24) is 0 Å². The highest BCUT2D eigenvalue weighted by Crippen LogP contribution is 2.32. The van der Waals surface area contributed by atoms with E-state index < -0.39 is 17.4 Å². The van der Waals surface area contributed by atoms with E-state index in [4.69, 9.17) is 9.47 Å². The zero-order chi connectivity index (χ0) is 15.6. The number of ketones is 1. The van der Waals surface area contributed by atoms with Gasteiger partial charge in [0.1, 0.15) is 11.6 Å². The highest BCUT2D eigenvalue weighted by Gasteiger charge is 2.22. The Kier molecular flexibility index (Phi) is 4.57. The second-order valence-electron chi connectivity index (χ2n) is 4.11. The van der Waals surface area contributed by atoms with Crippen LogP contribution in [0.15, 0.2) is 34.8 Å². The van der Waals surface area contributed by atoms with E-state index in [0.29, 0.717) is 0 Å². The van der Waals surface area contributed by atoms with E-state index in [2.05, 4.69) is 15.9 Å². The highest BCUT2D eigenvalue weighted by atomic mass is 79.9. The summed E-state index contributed by atoms with van der Waals surface area (Å²) in [6.45, 7) is 0. The number of carbonyl (C=O) groups is 1. The standard InChI is InChI=1S/C15H11BrF2O3/c1-20-12-6-8(11(18)7-13(12)21-2)15(19)14-9(16)4-3-5-10(14)17/h3-7H,1-2H3. The lowest BCUT2D eigenvalue weighted by Crippen LogP contribution is -2.09. The normalized spacial score (nSPS) is 10.3. The highest BCUT2D eigenvalue weighted by molar-refractivity contribution is 9.10. The van der Waals surface area contributed by atoms with E-state index in [1.165, 1.54) is 32.4 Å². The van der Waals surface area contributed by atoms with E-state index in [1.807, 2.05) is 0 Å². The summed E-state index contributed by atoms with van der Waals surface area (Å²) in [5.74, 6) is -1.98. The molecule has 0 saturated carbocycles. The van der Waals surface area contributed by atoms with E-state index in [-0.39, 0.29) is 27.1 Å². The first kappa shape index (κ1) is 15.4. The first-order valence-corrected chi connectivity index (χ1v) is 6.69. The van der Waals surface area contributed by atoms with Gasteiger partial charge in [-0.2, -0.15) is 0 Å². The zero-order valence-corrected chi connectivity index (χ0v) is 12.8. The van der Waals surface area contributed by atoms with Gasteiger partial charge < -0.3 is 9.47 Å². The predicted octanol–water partition coefficient (Wildman–Crippen LogP) is 3.98. The summed E-state index contributed by atoms with van der Waals surface area (Å²) < 4.78 is 38.1. The Balaban J connectivity index is 2.59. The van der Waals surface area contributed by atoms with E-state index in [9.17, 15) is 13.6 Å². The summed E-state index contributed by atoms with van der Waals surface area (Å²) in [6, 6.07) is 6.31. The molecule has 2 aromatic carbocycles. The molecule has 0 spiro atoms. The summed E-state index contributed by atoms with van der Waals surface area (Å²) in [5.41, 5.74) is -0.526. The molecule has 21 heavy (non-hydrogen) atoms. The fraction of sp³-hybridized carbons (Fsp3) is 0.133. The molecule has 0 bridgehead atoms. The molecule has 0 heterocycles. The molecular weight excluding hydrogens is 346 g/mol. The van der Waals surface area contributed by atoms with Crippen molar-refractivity contribution >= 4 is 21.7 Å². The van der Waals surface area contributed by atoms with Crippen LogP contribution in [0.5, 0.6) is 11.5 Å². The van der Waals surface area contributed by atoms with Gasteiger partial charge in [0.25, 0.3) is 0 Å². The van der Waals surface area contributed by atoms with Gasteiger partial charge in [0.05, 0.1) is 25.3 Å². The minimum Gasteiger partial charge on any atom is -0.493 e. The smallest absolute Gasteiger partial charge is 0.200 e. The molecule has 2 aromatic rings. The van der Waals surface area contributed by atoms with Crippen LogP contribution in [0.2, 0.25) is 0 Å². The van der Waals surface area contributed by atoms with Gasteiger partial charge in [0.2, 0.25) is 0 Å². The number of halogens is 3. The van der Waals surface area contributed by atoms with Crippen LogP contribution in [0, 0.1) is 11.6 Å². The molecule has 6 heteroatoms. The third-order valence-corrected chi connectivity index (χ3v) is 3.57. The number of hydrogen-bond acceptors (Lipinski definition) is 3. The first-order chi connectivity index (χ1) is 9.99. The fourth-order valence-electron chi connectivity index (χ4n) is 1.88. The quantitative estimate of drug-likeness (QED) is 0.777. The minimum absolute atomic E-state index is 0.152. The number of hydrogen-bond donors (Lipinski definition) is 0. The Labute approximate surface area is 128 Å². The first-order valence-electron chi connectivity index (χ1n) is 5.89. The summed E-state index contributed by atoms with van der Waals surface area (Å²) >= 11 is 3.09. The lowest BCUT2D eigenvalue weighted by Gasteiger charge is -2.11. The van der Waals surface area contributed by atoms with E-state index >= 15 is 0 Å². The van der Waals surface area contributed by atoms with Crippen LogP contribution in [0.1, 0.15) is 15.9 Å². The summed E-state index contributed by atoms with van der Waals surface area (Å²) in [7, 11) is 2.72. The van der Waals surface area contributed by atoms with Crippen molar-refractivity contribution in [3.8, 4) is 11.5 Å². The fourth-order valence-corrected chi connectivity index (χ4v) is 2.40. The number of methoxy groups -OCH3 is 2. The molecule has 0 amide bonds. The predicted molar refractivity (Wildman–Crippen MR) is 77.0 cm³/mol. The topological polar surface area (TPSA) is 35.5 Å². The number of benzene rings is 2. The zero-order valence-electron chi connectivity index (χ0n) is 11.2. The van der Waals surface area contributed by atoms with Crippen molar-refractivity contribution in [2.45, 2.75) is 0 Å². The van der Waals surface area contributed by atoms with Gasteiger partial charge in [-0.15, -0.1) is 0 Å². The van der Waals surface area contributed by atoms with Crippen molar-refractivity contribution in [2.24, 2.45) is 0 Å². The third kappa shape index (κ3) is 2.90. The molecule has 0 atom stereocenters. The van der Waals surface area contributed by atoms with Gasteiger partial charge in [-0.05, 0) is 34.1 Å². The van der Waals surface area contributed by atoms with Crippen LogP contribution in [0.3, 0.4) is 0 Å². The molecule has 0 fully saturated rings. The number of rotatable bonds is 4. The largest absolute Gasteiger partial charge is 0.493 e. The molecule has 3 nitrogen and oxygen atoms in total. The SMILES string of the molecule is COc1cc(F)c(C(=O)c2c(F)cccc2Br)cc1OC. The Morgan fingerprint density at radius 3 is 2.24 bits per heavy atom. The molecule has 110 valence electrons. The van der Waals surface area contributed by atoms with Crippen LogP contribution < -0.4 is 9.47 Å². The lowest BCUT2D eigenvalue weighted by atomic mass is 10.0. The van der Waals surface area contributed by atoms with Crippen molar-refractivity contribution in [3.63, 3.8) is 0 Å². The molecule has 2 rings (SSSR count). The van der Waals surface area contributed by atoms with Gasteiger partial charge in [0, 0.05) is 10.5 Å². The van der Waals surface area contributed by atoms with E-state index in [0.717, 1.165) is 12.1 Å². The van der Waals surface area contributed by atoms with Gasteiger partial charge in [-0.25, -0.2) is 8.78 Å². The Morgan fingerprint density at radius 1 is 1.05 bits per heavy atom. The molecule has 0 aliphatic rings. The van der Waals surface area contributed by atoms with Crippen LogP contribution >= 0.6 is 15.9 Å². The molecule has 0 aliphatic heterocycles. The maximum atomic E-state index is 14.1. The Morgan fingerprint density at radius 2 is 1.67 bits per heavy atom. The Bertz CT molecular complexity index is 681. The van der Waals surface area contributed by atoms with Crippen LogP contribution in [0.25, 0.3) is 0 Å². The summed E-state index contributed by atoms with van der Waals surface area (Å²) in [5, 5.41) is 0. The maximum Gasteiger partial charge on any atom is 0.200 e. The van der Waals surface area contributed by atoms with Gasteiger partial charge in [-0.3, -0.25) is 4.79 Å². The maximum absolute atomic E-state index is 14.1. The number of carbonyl (C=O) groups excluding carboxylic acids is 1. The Hall–Kier alpha value is -1.95. The van der Waals surface area contributed by atoms with Gasteiger partial charge in [0.15, 0.2) is 17.3 Å². The molecule has 0 N–H and O–H groups in total. The second kappa shape index (κ2) is 6.22. The summed E-state index contributed by atoms with van der Waals surface area (Å²) in [4.78, 5) is 12.4. The monoisotopic (exact) mass is 356 g/mol. The second-order valence-corrected chi connectivity index (χ2v) is 4.97. The molecular formula is C15H11BrF2O3. The van der Waals surface area contributed by atoms with Gasteiger partial charge >= 0.3 is 0 Å². The van der Waals surface area contributed by atoms with Crippen molar-refractivity contribution in [3.05, 3.63) is 57.6 Å². The minimum atomic E-state index is -0.812. The number of ether oxygens (including phenoxy) is 2. The van der Waals surface area contributed by atoms with E-state index in [1.54, 1.807) is 0 Å².